The first kappa shape index (κ1) is 45.1. The van der Waals surface area contributed by atoms with E-state index in [1.54, 1.807) is 0 Å². The van der Waals surface area contributed by atoms with Crippen molar-refractivity contribution in [3.63, 3.8) is 0 Å². The number of fused-ring (bicyclic) bond motifs is 6. The van der Waals surface area contributed by atoms with Crippen LogP contribution in [-0.4, -0.2) is 60.8 Å². The fourth-order valence-electron chi connectivity index (χ4n) is 9.22. The van der Waals surface area contributed by atoms with E-state index in [4.69, 9.17) is 11.6 Å². The molecule has 7 rings (SSSR count). The van der Waals surface area contributed by atoms with Crippen molar-refractivity contribution in [2.45, 2.75) is 83.5 Å². The monoisotopic (exact) mass is 864 g/mol. The Balaban J connectivity index is 0.00000567. The van der Waals surface area contributed by atoms with E-state index in [0.29, 0.717) is 38.8 Å². The van der Waals surface area contributed by atoms with Gasteiger partial charge in [-0.1, -0.05) is 92.2 Å². The van der Waals surface area contributed by atoms with Gasteiger partial charge in [-0.15, -0.1) is 0 Å². The molecule has 4 aromatic rings. The number of allylic oxidation sites excluding steroid dienone is 8. The standard InChI is InChI=1S/C46H51ClN2O6S2.K/c1-45(2)40(48(28-9-11-30-56(50,51)52)38-24-20-32-14-5-7-18-36(32)42(38)45)26-22-34-16-13-17-35(44(34)47)23-27-41-46(3,4)43-37-19-8-6-15-33(37)21-25-39(43)49(41)29-10-12-31-57(53,54)55;/h5-8,14-15,18-27H,9-13,16-17,28-31H2,1-4H3,(H-,50,51,52,53,54,55);/q;+1/p-1. The van der Waals surface area contributed by atoms with Crippen LogP contribution in [0, 0.1) is 0 Å². The summed E-state index contributed by atoms with van der Waals surface area (Å²) in [5.74, 6) is -0.756. The average Bonchev–Trinajstić information content (AvgIpc) is 3.51. The molecule has 0 bridgehead atoms. The van der Waals surface area contributed by atoms with Gasteiger partial charge in [0.1, 0.15) is 6.54 Å². The van der Waals surface area contributed by atoms with Crippen molar-refractivity contribution in [3.8, 4) is 0 Å². The van der Waals surface area contributed by atoms with Crippen LogP contribution in [0.3, 0.4) is 0 Å². The molecule has 8 nitrogen and oxygen atoms in total. The maximum Gasteiger partial charge on any atom is 1.00 e. The van der Waals surface area contributed by atoms with Gasteiger partial charge in [0.25, 0.3) is 0 Å². The van der Waals surface area contributed by atoms with E-state index < -0.39 is 20.2 Å². The molecule has 0 radical (unpaired) electrons. The molecule has 300 valence electrons. The molecule has 0 saturated carbocycles. The molecule has 58 heavy (non-hydrogen) atoms. The minimum Gasteiger partial charge on any atom is -0.748 e. The van der Waals surface area contributed by atoms with Gasteiger partial charge in [0.2, 0.25) is 5.69 Å². The second-order valence-electron chi connectivity index (χ2n) is 16.5. The van der Waals surface area contributed by atoms with Crippen LogP contribution in [0.1, 0.15) is 83.8 Å². The zero-order valence-corrected chi connectivity index (χ0v) is 39.6. The summed E-state index contributed by atoms with van der Waals surface area (Å²) in [6.45, 7) is 10.1. The van der Waals surface area contributed by atoms with E-state index in [1.165, 1.54) is 21.9 Å². The zero-order chi connectivity index (χ0) is 40.8. The average molecular weight is 866 g/mol. The molecule has 4 aromatic carbocycles. The van der Waals surface area contributed by atoms with E-state index in [9.17, 15) is 25.9 Å². The predicted octanol–water partition coefficient (Wildman–Crippen LogP) is 6.87. The molecule has 0 amide bonds. The molecule has 2 aliphatic heterocycles. The summed E-state index contributed by atoms with van der Waals surface area (Å²) in [5, 5.41) is 5.40. The SMILES string of the molecule is CC1(C)C(/C=C/C2=C(Cl)C(=C/C=C3/N(CCCCS(=O)(=O)[O-])c4ccc5ccccc5c4C3(C)C)/CCC2)=[N+](CCCCS(=O)(=O)[O-])c2ccc3ccccc3c21.[K+]. The molecule has 1 aliphatic carbocycles. The zero-order valence-electron chi connectivity index (χ0n) is 34.1. The van der Waals surface area contributed by atoms with Gasteiger partial charge >= 0.3 is 51.4 Å². The predicted molar refractivity (Wildman–Crippen MR) is 231 cm³/mol. The van der Waals surface area contributed by atoms with Crippen molar-refractivity contribution in [2.24, 2.45) is 0 Å². The van der Waals surface area contributed by atoms with Crippen molar-refractivity contribution in [1.82, 2.24) is 0 Å². The number of rotatable bonds is 13. The number of benzene rings is 4. The molecular formula is C46H50ClKN2O6S2. The fourth-order valence-corrected chi connectivity index (χ4v) is 10.6. The quantitative estimate of drug-likeness (QED) is 0.0624. The minimum atomic E-state index is -4.29. The maximum atomic E-state index is 11.4. The van der Waals surface area contributed by atoms with Gasteiger partial charge in [-0.05, 0) is 109 Å². The summed E-state index contributed by atoms with van der Waals surface area (Å²) < 4.78 is 70.6. The van der Waals surface area contributed by atoms with Gasteiger partial charge in [-0.25, -0.2) is 16.8 Å². The third-order valence-electron chi connectivity index (χ3n) is 11.9. The van der Waals surface area contributed by atoms with Gasteiger partial charge < -0.3 is 14.0 Å². The minimum absolute atomic E-state index is 0. The first-order valence-corrected chi connectivity index (χ1v) is 23.3. The normalized spacial score (nSPS) is 19.2. The Kier molecular flexibility index (Phi) is 13.9. The Morgan fingerprint density at radius 3 is 1.98 bits per heavy atom. The Morgan fingerprint density at radius 1 is 0.724 bits per heavy atom. The number of hydrogen-bond donors (Lipinski definition) is 0. The molecule has 0 saturated heterocycles. The van der Waals surface area contributed by atoms with Crippen LogP contribution in [0.2, 0.25) is 0 Å². The topological polar surface area (TPSA) is 121 Å². The van der Waals surface area contributed by atoms with Gasteiger partial charge in [0, 0.05) is 64.0 Å². The third kappa shape index (κ3) is 9.39. The molecule has 0 aromatic heterocycles. The summed E-state index contributed by atoms with van der Waals surface area (Å²) in [5.41, 5.74) is 8.17. The van der Waals surface area contributed by atoms with Crippen LogP contribution in [0.4, 0.5) is 11.4 Å². The largest absolute Gasteiger partial charge is 1.00 e. The summed E-state index contributed by atoms with van der Waals surface area (Å²) in [7, 11) is -8.57. The molecule has 0 fully saturated rings. The number of unbranched alkanes of at least 4 members (excludes halogenated alkanes) is 2. The van der Waals surface area contributed by atoms with Crippen molar-refractivity contribution >= 4 is 70.5 Å². The third-order valence-corrected chi connectivity index (χ3v) is 14.0. The van der Waals surface area contributed by atoms with Crippen LogP contribution >= 0.6 is 11.6 Å². The number of anilines is 1. The second kappa shape index (κ2) is 17.9. The molecular weight excluding hydrogens is 815 g/mol. The fraction of sp³-hybridized carbons (Fsp3) is 0.370. The van der Waals surface area contributed by atoms with Crippen molar-refractivity contribution in [2.75, 3.05) is 29.5 Å². The Hall–Kier alpha value is -2.42. The Morgan fingerprint density at radius 2 is 1.33 bits per heavy atom. The van der Waals surface area contributed by atoms with Crippen molar-refractivity contribution in [1.29, 1.82) is 0 Å². The van der Waals surface area contributed by atoms with E-state index in [0.717, 1.165) is 69.0 Å². The summed E-state index contributed by atoms with van der Waals surface area (Å²) in [6, 6.07) is 25.3. The van der Waals surface area contributed by atoms with Crippen molar-refractivity contribution in [3.05, 3.63) is 130 Å². The number of hydrogen-bond acceptors (Lipinski definition) is 7. The summed E-state index contributed by atoms with van der Waals surface area (Å²) in [4.78, 5) is 2.28. The molecule has 12 heteroatoms. The maximum absolute atomic E-state index is 11.4. The second-order valence-corrected chi connectivity index (χ2v) is 19.9. The van der Waals surface area contributed by atoms with Crippen LogP contribution in [-0.2, 0) is 31.1 Å². The molecule has 0 spiro atoms. The molecule has 3 aliphatic rings. The van der Waals surface area contributed by atoms with Crippen LogP contribution in [0.25, 0.3) is 21.5 Å². The Labute approximate surface area is 391 Å². The van der Waals surface area contributed by atoms with E-state index in [1.807, 2.05) is 12.1 Å². The van der Waals surface area contributed by atoms with E-state index in [-0.39, 0.29) is 73.7 Å². The van der Waals surface area contributed by atoms with Crippen LogP contribution in [0.5, 0.6) is 0 Å². The van der Waals surface area contributed by atoms with E-state index >= 15 is 0 Å². The van der Waals surface area contributed by atoms with Crippen molar-refractivity contribution < 1.29 is 81.9 Å². The van der Waals surface area contributed by atoms with Gasteiger partial charge in [0.15, 0.2) is 5.71 Å². The Bertz CT molecular complexity index is 2640. The van der Waals surface area contributed by atoms with Crippen LogP contribution in [0.15, 0.2) is 119 Å². The number of nitrogens with zero attached hydrogens (tertiary/aromatic N) is 2. The molecule has 0 atom stereocenters. The summed E-state index contributed by atoms with van der Waals surface area (Å²) in [6.07, 6.45) is 12.9. The number of halogens is 1. The first-order valence-electron chi connectivity index (χ1n) is 19.8. The summed E-state index contributed by atoms with van der Waals surface area (Å²) >= 11 is 7.28. The van der Waals surface area contributed by atoms with Gasteiger partial charge in [-0.2, -0.15) is 4.58 Å². The molecule has 0 unspecified atom stereocenters. The van der Waals surface area contributed by atoms with E-state index in [2.05, 4.69) is 122 Å². The molecule has 0 N–H and O–H groups in total. The molecule has 2 heterocycles. The van der Waals surface area contributed by atoms with Gasteiger partial charge in [-0.3, -0.25) is 0 Å². The smallest absolute Gasteiger partial charge is 0.748 e. The van der Waals surface area contributed by atoms with Crippen LogP contribution < -0.4 is 56.3 Å². The first-order chi connectivity index (χ1) is 27.0. The van der Waals surface area contributed by atoms with Gasteiger partial charge in [0.05, 0.1) is 25.7 Å².